The van der Waals surface area contributed by atoms with Crippen LogP contribution < -0.4 is 11.4 Å². The van der Waals surface area contributed by atoms with Gasteiger partial charge >= 0.3 is 5.69 Å². The molecule has 0 aromatic carbocycles. The first kappa shape index (κ1) is 16.6. The fourth-order valence-corrected chi connectivity index (χ4v) is 3.34. The molecule has 0 bridgehead atoms. The fraction of sp³-hybridized carbons (Fsp3) is 0.692. The van der Waals surface area contributed by atoms with Gasteiger partial charge in [0.1, 0.15) is 0 Å². The molecule has 2 rings (SSSR count). The molecule has 3 N–H and O–H groups in total. The van der Waals surface area contributed by atoms with E-state index in [1.54, 1.807) is 4.90 Å². The van der Waals surface area contributed by atoms with Crippen molar-refractivity contribution in [3.05, 3.63) is 10.5 Å². The predicted octanol–water partition coefficient (Wildman–Crippen LogP) is -0.203. The van der Waals surface area contributed by atoms with Crippen LogP contribution in [0.2, 0.25) is 0 Å². The Morgan fingerprint density at radius 3 is 2.68 bits per heavy atom. The second-order valence-corrected chi connectivity index (χ2v) is 6.25. The maximum Gasteiger partial charge on any atom is 0.343 e. The van der Waals surface area contributed by atoms with E-state index in [4.69, 9.17) is 5.73 Å². The number of carbonyl (C=O) groups excluding carboxylic acids is 2. The van der Waals surface area contributed by atoms with Crippen molar-refractivity contribution in [2.75, 3.05) is 18.8 Å². The maximum atomic E-state index is 12.2. The van der Waals surface area contributed by atoms with Crippen LogP contribution in [0.5, 0.6) is 0 Å². The van der Waals surface area contributed by atoms with Crippen molar-refractivity contribution in [3.63, 3.8) is 0 Å². The summed E-state index contributed by atoms with van der Waals surface area (Å²) < 4.78 is 1.54. The number of H-pyrrole nitrogens is 1. The third-order valence-corrected chi connectivity index (χ3v) is 4.71. The lowest BCUT2D eigenvalue weighted by Gasteiger charge is -2.30. The molecule has 2 heterocycles. The van der Waals surface area contributed by atoms with Gasteiger partial charge in [0.2, 0.25) is 11.8 Å². The summed E-state index contributed by atoms with van der Waals surface area (Å²) >= 11 is 1.25. The Labute approximate surface area is 132 Å². The number of rotatable bonds is 6. The summed E-state index contributed by atoms with van der Waals surface area (Å²) in [5.74, 6) is -0.194. The van der Waals surface area contributed by atoms with Gasteiger partial charge in [-0.1, -0.05) is 18.7 Å². The lowest BCUT2D eigenvalue weighted by atomic mass is 9.96. The number of hydrogen-bond acceptors (Lipinski definition) is 5. The van der Waals surface area contributed by atoms with Gasteiger partial charge in [0, 0.05) is 25.6 Å². The van der Waals surface area contributed by atoms with Crippen molar-refractivity contribution in [2.24, 2.45) is 11.7 Å². The Morgan fingerprint density at radius 1 is 1.41 bits per heavy atom. The van der Waals surface area contributed by atoms with Gasteiger partial charge in [-0.2, -0.15) is 0 Å². The SMILES string of the molecule is CCCn1c(SCC(=O)N2CCC(C(N)=O)CC2)n[nH]c1=O. The van der Waals surface area contributed by atoms with Gasteiger partial charge in [-0.25, -0.2) is 9.89 Å². The van der Waals surface area contributed by atoms with Gasteiger partial charge in [-0.05, 0) is 19.3 Å². The van der Waals surface area contributed by atoms with E-state index in [9.17, 15) is 14.4 Å². The van der Waals surface area contributed by atoms with Crippen molar-refractivity contribution in [1.29, 1.82) is 0 Å². The summed E-state index contributed by atoms with van der Waals surface area (Å²) in [6.07, 6.45) is 2.06. The van der Waals surface area contributed by atoms with Crippen molar-refractivity contribution >= 4 is 23.6 Å². The second kappa shape index (κ2) is 7.48. The highest BCUT2D eigenvalue weighted by Gasteiger charge is 2.26. The quantitative estimate of drug-likeness (QED) is 0.702. The van der Waals surface area contributed by atoms with Crippen LogP contribution in [0.4, 0.5) is 0 Å². The van der Waals surface area contributed by atoms with Crippen molar-refractivity contribution in [3.8, 4) is 0 Å². The predicted molar refractivity (Wildman–Crippen MR) is 82.4 cm³/mol. The number of nitrogens with two attached hydrogens (primary N) is 1. The van der Waals surface area contributed by atoms with Crippen LogP contribution in [-0.4, -0.2) is 50.3 Å². The summed E-state index contributed by atoms with van der Waals surface area (Å²) in [5.41, 5.74) is 5.03. The van der Waals surface area contributed by atoms with Crippen LogP contribution in [0.3, 0.4) is 0 Å². The molecule has 1 saturated heterocycles. The zero-order valence-corrected chi connectivity index (χ0v) is 13.4. The Morgan fingerprint density at radius 2 is 2.09 bits per heavy atom. The van der Waals surface area contributed by atoms with Gasteiger partial charge in [0.15, 0.2) is 5.16 Å². The second-order valence-electron chi connectivity index (χ2n) is 5.31. The van der Waals surface area contributed by atoms with E-state index in [1.807, 2.05) is 6.92 Å². The lowest BCUT2D eigenvalue weighted by molar-refractivity contribution is -0.132. The van der Waals surface area contributed by atoms with Crippen molar-refractivity contribution in [2.45, 2.75) is 37.9 Å². The zero-order chi connectivity index (χ0) is 16.1. The molecule has 8 nitrogen and oxygen atoms in total. The normalized spacial score (nSPS) is 16.0. The molecule has 22 heavy (non-hydrogen) atoms. The number of aromatic amines is 1. The van der Waals surface area contributed by atoms with Crippen LogP contribution in [0.25, 0.3) is 0 Å². The first-order chi connectivity index (χ1) is 10.5. The van der Waals surface area contributed by atoms with E-state index >= 15 is 0 Å². The molecule has 1 aliphatic heterocycles. The average molecular weight is 327 g/mol. The topological polar surface area (TPSA) is 114 Å². The number of primary amides is 1. The van der Waals surface area contributed by atoms with Crippen LogP contribution in [0.1, 0.15) is 26.2 Å². The van der Waals surface area contributed by atoms with Crippen molar-refractivity contribution < 1.29 is 9.59 Å². The Balaban J connectivity index is 1.86. The maximum absolute atomic E-state index is 12.2. The molecule has 0 spiro atoms. The number of carbonyl (C=O) groups is 2. The number of nitrogens with one attached hydrogen (secondary N) is 1. The van der Waals surface area contributed by atoms with E-state index in [1.165, 1.54) is 16.3 Å². The number of hydrogen-bond donors (Lipinski definition) is 2. The van der Waals surface area contributed by atoms with Crippen LogP contribution >= 0.6 is 11.8 Å². The molecule has 0 atom stereocenters. The minimum absolute atomic E-state index is 0.00795. The standard InChI is InChI=1S/C13H21N5O3S/c1-2-5-18-12(21)15-16-13(18)22-8-10(19)17-6-3-9(4-7-17)11(14)20/h9H,2-8H2,1H3,(H2,14,20)(H,15,21). The monoisotopic (exact) mass is 327 g/mol. The molecule has 122 valence electrons. The van der Waals surface area contributed by atoms with E-state index in [2.05, 4.69) is 10.2 Å². The minimum atomic E-state index is -0.290. The Hall–Kier alpha value is -1.77. The van der Waals surface area contributed by atoms with Crippen LogP contribution in [0, 0.1) is 5.92 Å². The smallest absolute Gasteiger partial charge is 0.343 e. The number of nitrogens with zero attached hydrogens (tertiary/aromatic N) is 3. The van der Waals surface area contributed by atoms with Crippen LogP contribution in [0.15, 0.2) is 9.95 Å². The minimum Gasteiger partial charge on any atom is -0.369 e. The van der Waals surface area contributed by atoms with Crippen molar-refractivity contribution in [1.82, 2.24) is 19.7 Å². The van der Waals surface area contributed by atoms with Gasteiger partial charge in [-0.15, -0.1) is 5.10 Å². The lowest BCUT2D eigenvalue weighted by Crippen LogP contribution is -2.42. The molecule has 2 amide bonds. The van der Waals surface area contributed by atoms with E-state index in [0.29, 0.717) is 37.6 Å². The van der Waals surface area contributed by atoms with Gasteiger partial charge in [-0.3, -0.25) is 14.2 Å². The number of thioether (sulfide) groups is 1. The fourth-order valence-electron chi connectivity index (χ4n) is 2.47. The van der Waals surface area contributed by atoms with Gasteiger partial charge in [0.05, 0.1) is 5.75 Å². The highest BCUT2D eigenvalue weighted by atomic mass is 32.2. The molecular weight excluding hydrogens is 306 g/mol. The van der Waals surface area contributed by atoms with Gasteiger partial charge in [0.25, 0.3) is 0 Å². The van der Waals surface area contributed by atoms with Crippen LogP contribution in [-0.2, 0) is 16.1 Å². The number of aromatic nitrogens is 3. The summed E-state index contributed by atoms with van der Waals surface area (Å²) in [4.78, 5) is 36.6. The third kappa shape index (κ3) is 3.90. The third-order valence-electron chi connectivity index (χ3n) is 3.75. The molecule has 9 heteroatoms. The van der Waals surface area contributed by atoms with Gasteiger partial charge < -0.3 is 10.6 Å². The molecule has 1 aromatic rings. The Kier molecular flexibility index (Phi) is 5.64. The number of amides is 2. The highest BCUT2D eigenvalue weighted by molar-refractivity contribution is 7.99. The number of piperidine rings is 1. The highest BCUT2D eigenvalue weighted by Crippen LogP contribution is 2.19. The largest absolute Gasteiger partial charge is 0.369 e. The molecule has 0 saturated carbocycles. The summed E-state index contributed by atoms with van der Waals surface area (Å²) in [6, 6.07) is 0. The molecule has 1 aromatic heterocycles. The zero-order valence-electron chi connectivity index (χ0n) is 12.6. The first-order valence-corrected chi connectivity index (χ1v) is 8.36. The van der Waals surface area contributed by atoms with E-state index in [-0.39, 0.29) is 29.2 Å². The Bertz CT molecular complexity index is 589. The average Bonchev–Trinajstić information content (AvgIpc) is 2.86. The molecule has 1 aliphatic rings. The van der Waals surface area contributed by atoms with E-state index in [0.717, 1.165) is 6.42 Å². The molecule has 1 fully saturated rings. The molecular formula is C13H21N5O3S. The molecule has 0 radical (unpaired) electrons. The number of likely N-dealkylation sites (tertiary alicyclic amines) is 1. The first-order valence-electron chi connectivity index (χ1n) is 7.38. The van der Waals surface area contributed by atoms with E-state index < -0.39 is 0 Å². The molecule has 0 unspecified atom stereocenters. The summed E-state index contributed by atoms with van der Waals surface area (Å²) in [5, 5.41) is 6.88. The molecule has 0 aliphatic carbocycles. The summed E-state index contributed by atoms with van der Waals surface area (Å²) in [7, 11) is 0. The summed E-state index contributed by atoms with van der Waals surface area (Å²) in [6.45, 7) is 3.66.